The molecule has 0 saturated heterocycles. The van der Waals surface area contributed by atoms with E-state index in [9.17, 15) is 5.11 Å². The van der Waals surface area contributed by atoms with Gasteiger partial charge in [0.2, 0.25) is 0 Å². The van der Waals surface area contributed by atoms with Gasteiger partial charge in [-0.1, -0.05) is 20.8 Å². The summed E-state index contributed by atoms with van der Waals surface area (Å²) in [5.74, 6) is 0.466. The Morgan fingerprint density at radius 2 is 2.25 bits per heavy atom. The molecule has 68 valence electrons. The molecule has 0 radical (unpaired) electrons. The van der Waals surface area contributed by atoms with E-state index in [2.05, 4.69) is 18.8 Å². The molecule has 1 unspecified atom stereocenters. The lowest BCUT2D eigenvalue weighted by Crippen LogP contribution is -1.96. The van der Waals surface area contributed by atoms with E-state index in [0.717, 1.165) is 17.1 Å². The number of nitrogens with zero attached hydrogens (tertiary/aromatic N) is 1. The first-order chi connectivity index (χ1) is 5.65. The number of hydrogen-bond acceptors (Lipinski definition) is 3. The molecule has 0 amide bonds. The fourth-order valence-electron chi connectivity index (χ4n) is 0.928. The topological polar surface area (TPSA) is 33.1 Å². The Balaban J connectivity index is 2.77. The molecule has 0 aromatic carbocycles. The first-order valence-corrected chi connectivity index (χ1v) is 5.16. The van der Waals surface area contributed by atoms with Crippen LogP contribution in [0.2, 0.25) is 0 Å². The number of thiazole rings is 1. The van der Waals surface area contributed by atoms with Crippen molar-refractivity contribution in [2.24, 2.45) is 0 Å². The first kappa shape index (κ1) is 9.68. The van der Waals surface area contributed by atoms with Gasteiger partial charge in [-0.15, -0.1) is 11.3 Å². The first-order valence-electron chi connectivity index (χ1n) is 4.28. The van der Waals surface area contributed by atoms with Crippen molar-refractivity contribution in [2.75, 3.05) is 0 Å². The van der Waals surface area contributed by atoms with Crippen molar-refractivity contribution >= 4 is 11.3 Å². The van der Waals surface area contributed by atoms with Gasteiger partial charge >= 0.3 is 0 Å². The number of aromatic nitrogens is 1. The molecule has 1 aromatic rings. The second-order valence-electron chi connectivity index (χ2n) is 3.19. The van der Waals surface area contributed by atoms with Gasteiger partial charge in [0.05, 0.1) is 16.8 Å². The van der Waals surface area contributed by atoms with E-state index in [0.29, 0.717) is 5.92 Å². The van der Waals surface area contributed by atoms with E-state index in [1.165, 1.54) is 0 Å². The van der Waals surface area contributed by atoms with Crippen LogP contribution in [0.1, 0.15) is 49.9 Å². The second kappa shape index (κ2) is 4.01. The quantitative estimate of drug-likeness (QED) is 0.785. The maximum absolute atomic E-state index is 9.47. The zero-order valence-corrected chi connectivity index (χ0v) is 8.56. The van der Waals surface area contributed by atoms with Gasteiger partial charge in [0.1, 0.15) is 0 Å². The number of rotatable bonds is 3. The third-order valence-electron chi connectivity index (χ3n) is 1.76. The number of hydrogen-bond donors (Lipinski definition) is 1. The predicted octanol–water partition coefficient (Wildman–Crippen LogP) is 2.71. The van der Waals surface area contributed by atoms with Gasteiger partial charge in [0.25, 0.3) is 0 Å². The van der Waals surface area contributed by atoms with Crippen molar-refractivity contribution in [1.82, 2.24) is 4.98 Å². The minimum absolute atomic E-state index is 0.381. The molecule has 12 heavy (non-hydrogen) atoms. The Bertz CT molecular complexity index is 244. The molecule has 0 aliphatic heterocycles. The highest BCUT2D eigenvalue weighted by atomic mass is 32.1. The highest BCUT2D eigenvalue weighted by Gasteiger charge is 2.10. The molecule has 3 heteroatoms. The van der Waals surface area contributed by atoms with Gasteiger partial charge in [-0.2, -0.15) is 0 Å². The van der Waals surface area contributed by atoms with Gasteiger partial charge in [-0.05, 0) is 6.42 Å². The van der Waals surface area contributed by atoms with Crippen LogP contribution in [-0.4, -0.2) is 10.1 Å². The molecule has 2 nitrogen and oxygen atoms in total. The van der Waals surface area contributed by atoms with Crippen LogP contribution in [0.4, 0.5) is 0 Å². The maximum atomic E-state index is 9.47. The lowest BCUT2D eigenvalue weighted by molar-refractivity contribution is 0.169. The smallest absolute Gasteiger partial charge is 0.0965 e. The molecule has 0 saturated carbocycles. The SMILES string of the molecule is CCC(O)c1csc(C(C)C)n1. The molecular formula is C9H15NOS. The van der Waals surface area contributed by atoms with Crippen molar-refractivity contribution in [2.45, 2.75) is 39.2 Å². The van der Waals surface area contributed by atoms with Gasteiger partial charge in [0.15, 0.2) is 0 Å². The van der Waals surface area contributed by atoms with Crippen LogP contribution in [0.5, 0.6) is 0 Å². The Morgan fingerprint density at radius 3 is 2.67 bits per heavy atom. The molecule has 0 fully saturated rings. The van der Waals surface area contributed by atoms with E-state index >= 15 is 0 Å². The Kier molecular flexibility index (Phi) is 3.23. The fraction of sp³-hybridized carbons (Fsp3) is 0.667. The van der Waals surface area contributed by atoms with E-state index in [1.54, 1.807) is 11.3 Å². The molecule has 0 aliphatic rings. The highest BCUT2D eigenvalue weighted by Crippen LogP contribution is 2.23. The summed E-state index contributed by atoms with van der Waals surface area (Å²) in [6.45, 7) is 6.18. The average molecular weight is 185 g/mol. The summed E-state index contributed by atoms with van der Waals surface area (Å²) in [6, 6.07) is 0. The Labute approximate surface area is 77.3 Å². The summed E-state index contributed by atoms with van der Waals surface area (Å²) in [7, 11) is 0. The summed E-state index contributed by atoms with van der Waals surface area (Å²) in [6.07, 6.45) is 0.357. The van der Waals surface area contributed by atoms with Crippen LogP contribution in [-0.2, 0) is 0 Å². The molecule has 1 heterocycles. The van der Waals surface area contributed by atoms with Crippen molar-refractivity contribution in [1.29, 1.82) is 0 Å². The van der Waals surface area contributed by atoms with Crippen LogP contribution in [0.15, 0.2) is 5.38 Å². The third-order valence-corrected chi connectivity index (χ3v) is 2.93. The van der Waals surface area contributed by atoms with Crippen LogP contribution in [0.25, 0.3) is 0 Å². The van der Waals surface area contributed by atoms with E-state index in [1.807, 2.05) is 12.3 Å². The molecular weight excluding hydrogens is 170 g/mol. The second-order valence-corrected chi connectivity index (χ2v) is 4.08. The zero-order valence-electron chi connectivity index (χ0n) is 7.74. The van der Waals surface area contributed by atoms with E-state index < -0.39 is 0 Å². The van der Waals surface area contributed by atoms with Crippen molar-refractivity contribution < 1.29 is 5.11 Å². The summed E-state index contributed by atoms with van der Waals surface area (Å²) < 4.78 is 0. The molecule has 1 atom stereocenters. The van der Waals surface area contributed by atoms with Gasteiger partial charge in [-0.3, -0.25) is 0 Å². The molecule has 1 N–H and O–H groups in total. The van der Waals surface area contributed by atoms with Crippen LogP contribution < -0.4 is 0 Å². The maximum Gasteiger partial charge on any atom is 0.0965 e. The lowest BCUT2D eigenvalue weighted by Gasteiger charge is -2.02. The average Bonchev–Trinajstić information content (AvgIpc) is 2.51. The third kappa shape index (κ3) is 2.05. The van der Waals surface area contributed by atoms with E-state index in [-0.39, 0.29) is 6.10 Å². The Hall–Kier alpha value is -0.410. The summed E-state index contributed by atoms with van der Waals surface area (Å²) in [4.78, 5) is 4.35. The summed E-state index contributed by atoms with van der Waals surface area (Å²) in [5, 5.41) is 12.5. The van der Waals surface area contributed by atoms with Crippen molar-refractivity contribution in [3.63, 3.8) is 0 Å². The number of aliphatic hydroxyl groups is 1. The monoisotopic (exact) mass is 185 g/mol. The fourth-order valence-corrected chi connectivity index (χ4v) is 1.81. The normalized spacial score (nSPS) is 13.8. The summed E-state index contributed by atoms with van der Waals surface area (Å²) >= 11 is 1.63. The van der Waals surface area contributed by atoms with Crippen LogP contribution in [0.3, 0.4) is 0 Å². The Morgan fingerprint density at radius 1 is 1.58 bits per heavy atom. The summed E-state index contributed by atoms with van der Waals surface area (Å²) in [5.41, 5.74) is 0.825. The molecule has 1 rings (SSSR count). The number of aliphatic hydroxyl groups excluding tert-OH is 1. The predicted molar refractivity (Wildman–Crippen MR) is 51.5 cm³/mol. The van der Waals surface area contributed by atoms with Crippen molar-refractivity contribution in [3.05, 3.63) is 16.1 Å². The van der Waals surface area contributed by atoms with Gasteiger partial charge < -0.3 is 5.11 Å². The molecule has 0 spiro atoms. The molecule has 1 aromatic heterocycles. The van der Waals surface area contributed by atoms with Gasteiger partial charge in [0, 0.05) is 11.3 Å². The molecule has 0 aliphatic carbocycles. The van der Waals surface area contributed by atoms with Crippen LogP contribution >= 0.6 is 11.3 Å². The molecule has 0 bridgehead atoms. The lowest BCUT2D eigenvalue weighted by atomic mass is 10.2. The minimum Gasteiger partial charge on any atom is -0.387 e. The van der Waals surface area contributed by atoms with Crippen LogP contribution in [0, 0.1) is 0 Å². The minimum atomic E-state index is -0.381. The van der Waals surface area contributed by atoms with Crippen molar-refractivity contribution in [3.8, 4) is 0 Å². The largest absolute Gasteiger partial charge is 0.387 e. The van der Waals surface area contributed by atoms with E-state index in [4.69, 9.17) is 0 Å². The van der Waals surface area contributed by atoms with Gasteiger partial charge in [-0.25, -0.2) is 4.98 Å². The zero-order chi connectivity index (χ0) is 9.14. The highest BCUT2D eigenvalue weighted by molar-refractivity contribution is 7.09. The standard InChI is InChI=1S/C9H15NOS/c1-4-8(11)7-5-12-9(10-7)6(2)3/h5-6,8,11H,4H2,1-3H3.